The first-order chi connectivity index (χ1) is 13.7. The highest BCUT2D eigenvalue weighted by Crippen LogP contribution is 2.36. The average molecular weight is 373 g/mol. The van der Waals surface area contributed by atoms with Crippen molar-refractivity contribution in [2.24, 2.45) is 5.73 Å². The van der Waals surface area contributed by atoms with E-state index in [0.717, 1.165) is 30.5 Å². The lowest BCUT2D eigenvalue weighted by atomic mass is 9.84. The van der Waals surface area contributed by atoms with Gasteiger partial charge in [-0.25, -0.2) is 4.98 Å². The van der Waals surface area contributed by atoms with E-state index in [2.05, 4.69) is 9.97 Å². The number of nitrogens with two attached hydrogens (primary N) is 1. The Kier molecular flexibility index (Phi) is 3.84. The average Bonchev–Trinajstić information content (AvgIpc) is 2.67. The molecule has 3 N–H and O–H groups in total. The van der Waals surface area contributed by atoms with Crippen molar-refractivity contribution in [3.8, 4) is 5.69 Å². The minimum Gasteiger partial charge on any atom is -0.337 e. The summed E-state index contributed by atoms with van der Waals surface area (Å²) in [7, 11) is 0. The molecule has 0 unspecified atom stereocenters. The SMILES string of the molecule is NCc1cnc2c(=O)c3c(=O)n(-c4ccccc4)c(C4CCC4)nc3[nH]c2c1. The van der Waals surface area contributed by atoms with Crippen LogP contribution in [0.1, 0.15) is 36.6 Å². The Bertz CT molecular complexity index is 1320. The third kappa shape index (κ3) is 2.47. The second-order valence-corrected chi connectivity index (χ2v) is 7.20. The van der Waals surface area contributed by atoms with Crippen LogP contribution in [0.4, 0.5) is 0 Å². The summed E-state index contributed by atoms with van der Waals surface area (Å²) in [5.41, 5.74) is 7.53. The number of aromatic amines is 1. The number of rotatable bonds is 3. The van der Waals surface area contributed by atoms with Crippen LogP contribution in [0.15, 0.2) is 52.2 Å². The van der Waals surface area contributed by atoms with Crippen LogP contribution in [0.3, 0.4) is 0 Å². The van der Waals surface area contributed by atoms with Gasteiger partial charge in [0.15, 0.2) is 0 Å². The molecule has 7 nitrogen and oxygen atoms in total. The van der Waals surface area contributed by atoms with Gasteiger partial charge < -0.3 is 10.7 Å². The quantitative estimate of drug-likeness (QED) is 0.536. The molecular formula is C21H19N5O2. The fourth-order valence-corrected chi connectivity index (χ4v) is 3.74. The Hall–Kier alpha value is -3.32. The number of nitrogens with zero attached hydrogens (tertiary/aromatic N) is 3. The van der Waals surface area contributed by atoms with Crippen molar-refractivity contribution in [3.05, 3.63) is 74.6 Å². The summed E-state index contributed by atoms with van der Waals surface area (Å²) in [5.74, 6) is 0.915. The van der Waals surface area contributed by atoms with Crippen molar-refractivity contribution in [2.45, 2.75) is 31.7 Å². The van der Waals surface area contributed by atoms with Crippen molar-refractivity contribution in [2.75, 3.05) is 0 Å². The molecule has 5 rings (SSSR count). The van der Waals surface area contributed by atoms with Gasteiger partial charge in [0.2, 0.25) is 5.43 Å². The lowest BCUT2D eigenvalue weighted by Crippen LogP contribution is -2.31. The second kappa shape index (κ2) is 6.38. The largest absolute Gasteiger partial charge is 0.337 e. The van der Waals surface area contributed by atoms with Crippen molar-refractivity contribution < 1.29 is 0 Å². The molecule has 140 valence electrons. The van der Waals surface area contributed by atoms with Gasteiger partial charge in [-0.3, -0.25) is 19.1 Å². The van der Waals surface area contributed by atoms with Crippen LogP contribution < -0.4 is 16.7 Å². The van der Waals surface area contributed by atoms with Gasteiger partial charge in [0.25, 0.3) is 5.56 Å². The zero-order valence-electron chi connectivity index (χ0n) is 15.2. The Morgan fingerprint density at radius 3 is 2.64 bits per heavy atom. The fraction of sp³-hybridized carbons (Fsp3) is 0.238. The van der Waals surface area contributed by atoms with Gasteiger partial charge in [0.05, 0.1) is 11.2 Å². The number of aromatic nitrogens is 4. The number of para-hydroxylation sites is 1. The molecule has 0 spiro atoms. The molecule has 0 amide bonds. The van der Waals surface area contributed by atoms with Crippen LogP contribution in [-0.2, 0) is 6.54 Å². The van der Waals surface area contributed by atoms with Crippen LogP contribution in [0, 0.1) is 0 Å². The van der Waals surface area contributed by atoms with E-state index < -0.39 is 5.43 Å². The molecule has 0 bridgehead atoms. The van der Waals surface area contributed by atoms with Gasteiger partial charge in [-0.05, 0) is 36.6 Å². The maximum Gasteiger partial charge on any atom is 0.271 e. The fourth-order valence-electron chi connectivity index (χ4n) is 3.74. The van der Waals surface area contributed by atoms with E-state index in [-0.39, 0.29) is 22.4 Å². The number of H-pyrrole nitrogens is 1. The predicted octanol–water partition coefficient (Wildman–Crippen LogP) is 2.35. The first-order valence-electron chi connectivity index (χ1n) is 9.40. The summed E-state index contributed by atoms with van der Waals surface area (Å²) in [6.07, 6.45) is 4.66. The molecule has 7 heteroatoms. The molecule has 1 saturated carbocycles. The van der Waals surface area contributed by atoms with E-state index in [1.807, 2.05) is 30.3 Å². The Balaban J connectivity index is 1.90. The van der Waals surface area contributed by atoms with E-state index in [4.69, 9.17) is 10.7 Å². The summed E-state index contributed by atoms with van der Waals surface area (Å²) in [6, 6.07) is 11.1. The Morgan fingerprint density at radius 2 is 1.96 bits per heavy atom. The van der Waals surface area contributed by atoms with Crippen molar-refractivity contribution in [1.82, 2.24) is 19.5 Å². The topological polar surface area (TPSA) is 107 Å². The number of fused-ring (bicyclic) bond motifs is 2. The summed E-state index contributed by atoms with van der Waals surface area (Å²) >= 11 is 0. The van der Waals surface area contributed by atoms with E-state index in [1.54, 1.807) is 16.8 Å². The predicted molar refractivity (Wildman–Crippen MR) is 108 cm³/mol. The van der Waals surface area contributed by atoms with E-state index >= 15 is 0 Å². The minimum atomic E-state index is -0.408. The van der Waals surface area contributed by atoms with Gasteiger partial charge in [-0.15, -0.1) is 0 Å². The highest BCUT2D eigenvalue weighted by molar-refractivity contribution is 5.88. The number of hydrogen-bond acceptors (Lipinski definition) is 5. The van der Waals surface area contributed by atoms with Crippen LogP contribution in [0.2, 0.25) is 0 Å². The second-order valence-electron chi connectivity index (χ2n) is 7.20. The first kappa shape index (κ1) is 16.8. The molecule has 3 heterocycles. The van der Waals surface area contributed by atoms with Gasteiger partial charge in [0, 0.05) is 18.7 Å². The lowest BCUT2D eigenvalue weighted by Gasteiger charge is -2.27. The molecule has 1 fully saturated rings. The highest BCUT2D eigenvalue weighted by Gasteiger charge is 2.27. The highest BCUT2D eigenvalue weighted by atomic mass is 16.1. The van der Waals surface area contributed by atoms with Crippen molar-refractivity contribution in [3.63, 3.8) is 0 Å². The van der Waals surface area contributed by atoms with Gasteiger partial charge >= 0.3 is 0 Å². The van der Waals surface area contributed by atoms with E-state index in [0.29, 0.717) is 23.5 Å². The molecule has 1 aliphatic rings. The maximum atomic E-state index is 13.4. The zero-order chi connectivity index (χ0) is 19.3. The Labute approximate surface area is 159 Å². The number of pyridine rings is 2. The monoisotopic (exact) mass is 373 g/mol. The minimum absolute atomic E-state index is 0.0347. The zero-order valence-corrected chi connectivity index (χ0v) is 15.2. The summed E-state index contributed by atoms with van der Waals surface area (Å²) in [4.78, 5) is 38.7. The molecule has 0 atom stereocenters. The van der Waals surface area contributed by atoms with Crippen LogP contribution in [0.5, 0.6) is 0 Å². The van der Waals surface area contributed by atoms with Gasteiger partial charge in [0.1, 0.15) is 22.4 Å². The molecule has 3 aromatic heterocycles. The number of hydrogen-bond donors (Lipinski definition) is 2. The van der Waals surface area contributed by atoms with E-state index in [9.17, 15) is 9.59 Å². The van der Waals surface area contributed by atoms with E-state index in [1.165, 1.54) is 0 Å². The molecule has 1 aliphatic carbocycles. The summed E-state index contributed by atoms with van der Waals surface area (Å²) in [5, 5.41) is 0.0347. The summed E-state index contributed by atoms with van der Waals surface area (Å²) < 4.78 is 1.58. The Morgan fingerprint density at radius 1 is 1.18 bits per heavy atom. The molecule has 1 aromatic carbocycles. The standard InChI is InChI=1S/C21H19N5O2/c22-10-12-9-15-17(23-11-12)18(27)16-19(24-15)25-20(13-5-4-6-13)26(21(16)28)14-7-2-1-3-8-14/h1-3,7-9,11,13H,4-6,10,22H2,(H,24,27). The van der Waals surface area contributed by atoms with Crippen LogP contribution >= 0.6 is 0 Å². The molecule has 4 aromatic rings. The van der Waals surface area contributed by atoms with Crippen molar-refractivity contribution >= 4 is 22.1 Å². The smallest absolute Gasteiger partial charge is 0.271 e. The molecular weight excluding hydrogens is 354 g/mol. The lowest BCUT2D eigenvalue weighted by molar-refractivity contribution is 0.394. The summed E-state index contributed by atoms with van der Waals surface area (Å²) in [6.45, 7) is 0.319. The molecule has 0 radical (unpaired) electrons. The normalized spacial score (nSPS) is 14.5. The van der Waals surface area contributed by atoms with Crippen molar-refractivity contribution in [1.29, 1.82) is 0 Å². The van der Waals surface area contributed by atoms with Crippen LogP contribution in [0.25, 0.3) is 27.8 Å². The molecule has 0 saturated heterocycles. The first-order valence-corrected chi connectivity index (χ1v) is 9.40. The third-order valence-electron chi connectivity index (χ3n) is 5.47. The molecule has 28 heavy (non-hydrogen) atoms. The molecule has 0 aliphatic heterocycles. The number of benzene rings is 1. The third-order valence-corrected chi connectivity index (χ3v) is 5.47. The van der Waals surface area contributed by atoms with Crippen LogP contribution in [-0.4, -0.2) is 19.5 Å². The maximum absolute atomic E-state index is 13.4. The van der Waals surface area contributed by atoms with Gasteiger partial charge in [-0.2, -0.15) is 0 Å². The van der Waals surface area contributed by atoms with Gasteiger partial charge in [-0.1, -0.05) is 24.6 Å². The number of nitrogens with one attached hydrogen (secondary N) is 1.